The Morgan fingerprint density at radius 3 is 3.00 bits per heavy atom. The molecule has 3 heteroatoms. The van der Waals surface area contributed by atoms with Gasteiger partial charge < -0.3 is 5.32 Å². The monoisotopic (exact) mass is 216 g/mol. The maximum atomic E-state index is 11.9. The second-order valence-electron chi connectivity index (χ2n) is 4.13. The number of nitrogens with one attached hydrogen (secondary N) is 1. The fourth-order valence-electron chi connectivity index (χ4n) is 1.87. The molecule has 1 heterocycles. The Kier molecular flexibility index (Phi) is 3.34. The minimum Gasteiger partial charge on any atom is -0.310 e. The number of anilines is 1. The number of rotatable bonds is 2. The van der Waals surface area contributed by atoms with Crippen LogP contribution in [0, 0.1) is 12.8 Å². The number of allylic oxidation sites excluding steroid dienone is 2. The van der Waals surface area contributed by atoms with Gasteiger partial charge in [-0.25, -0.2) is 4.98 Å². The highest BCUT2D eigenvalue weighted by Gasteiger charge is 2.18. The lowest BCUT2D eigenvalue weighted by Crippen LogP contribution is -2.24. The average molecular weight is 216 g/mol. The van der Waals surface area contributed by atoms with E-state index in [-0.39, 0.29) is 11.8 Å². The molecule has 1 aromatic heterocycles. The number of carbonyl (C=O) groups excluding carboxylic acids is 1. The van der Waals surface area contributed by atoms with Crippen LogP contribution in [0.1, 0.15) is 25.0 Å². The van der Waals surface area contributed by atoms with E-state index in [1.54, 1.807) is 0 Å². The smallest absolute Gasteiger partial charge is 0.228 e. The summed E-state index contributed by atoms with van der Waals surface area (Å²) in [5.74, 6) is 0.842. The van der Waals surface area contributed by atoms with Crippen LogP contribution in [-0.2, 0) is 4.79 Å². The number of nitrogens with zero attached hydrogens (tertiary/aromatic N) is 1. The zero-order valence-electron chi connectivity index (χ0n) is 9.44. The lowest BCUT2D eigenvalue weighted by Gasteiger charge is -2.16. The largest absolute Gasteiger partial charge is 0.310 e. The lowest BCUT2D eigenvalue weighted by atomic mass is 9.94. The predicted octanol–water partition coefficient (Wildman–Crippen LogP) is 2.68. The molecule has 0 spiro atoms. The van der Waals surface area contributed by atoms with E-state index in [4.69, 9.17) is 0 Å². The third kappa shape index (κ3) is 2.69. The highest BCUT2D eigenvalue weighted by Crippen LogP contribution is 2.19. The molecular formula is C13H16N2O. The van der Waals surface area contributed by atoms with Crippen molar-refractivity contribution in [3.05, 3.63) is 36.0 Å². The van der Waals surface area contributed by atoms with E-state index in [0.717, 1.165) is 25.0 Å². The van der Waals surface area contributed by atoms with E-state index >= 15 is 0 Å². The van der Waals surface area contributed by atoms with Gasteiger partial charge in [-0.2, -0.15) is 0 Å². The van der Waals surface area contributed by atoms with Crippen molar-refractivity contribution in [2.45, 2.75) is 26.2 Å². The Morgan fingerprint density at radius 1 is 1.44 bits per heavy atom. The Balaban J connectivity index is 1.99. The molecule has 0 bridgehead atoms. The van der Waals surface area contributed by atoms with Crippen LogP contribution >= 0.6 is 0 Å². The van der Waals surface area contributed by atoms with Crippen molar-refractivity contribution in [2.24, 2.45) is 5.92 Å². The number of carbonyl (C=O) groups is 1. The zero-order chi connectivity index (χ0) is 11.4. The van der Waals surface area contributed by atoms with Gasteiger partial charge in [-0.1, -0.05) is 18.2 Å². The van der Waals surface area contributed by atoms with Gasteiger partial charge in [0, 0.05) is 11.6 Å². The number of hydrogen-bond acceptors (Lipinski definition) is 2. The minimum atomic E-state index is 0.0856. The van der Waals surface area contributed by atoms with Gasteiger partial charge in [0.25, 0.3) is 0 Å². The molecule has 1 amide bonds. The topological polar surface area (TPSA) is 42.0 Å². The molecule has 0 aromatic carbocycles. The molecular weight excluding hydrogens is 200 g/mol. The van der Waals surface area contributed by atoms with Crippen LogP contribution in [0.5, 0.6) is 0 Å². The van der Waals surface area contributed by atoms with E-state index in [1.165, 1.54) is 0 Å². The summed E-state index contributed by atoms with van der Waals surface area (Å²) < 4.78 is 0. The molecule has 0 saturated carbocycles. The highest BCUT2D eigenvalue weighted by atomic mass is 16.1. The van der Waals surface area contributed by atoms with E-state index < -0.39 is 0 Å². The SMILES string of the molecule is Cc1cccc(NC(=O)C2CC=CCC2)n1. The van der Waals surface area contributed by atoms with Gasteiger partial charge in [0.15, 0.2) is 0 Å². The molecule has 1 unspecified atom stereocenters. The minimum absolute atomic E-state index is 0.0856. The first-order valence-electron chi connectivity index (χ1n) is 5.65. The van der Waals surface area contributed by atoms with Crippen molar-refractivity contribution in [3.8, 4) is 0 Å². The first kappa shape index (κ1) is 10.9. The van der Waals surface area contributed by atoms with Gasteiger partial charge in [-0.05, 0) is 38.3 Å². The molecule has 16 heavy (non-hydrogen) atoms. The van der Waals surface area contributed by atoms with Crippen LogP contribution in [0.15, 0.2) is 30.4 Å². The quantitative estimate of drug-likeness (QED) is 0.772. The highest BCUT2D eigenvalue weighted by molar-refractivity contribution is 5.91. The summed E-state index contributed by atoms with van der Waals surface area (Å²) in [7, 11) is 0. The molecule has 2 rings (SSSR count). The van der Waals surface area contributed by atoms with Crippen molar-refractivity contribution in [1.29, 1.82) is 0 Å². The van der Waals surface area contributed by atoms with Gasteiger partial charge >= 0.3 is 0 Å². The number of pyridine rings is 1. The molecule has 0 fully saturated rings. The predicted molar refractivity (Wildman–Crippen MR) is 64.1 cm³/mol. The van der Waals surface area contributed by atoms with E-state index in [0.29, 0.717) is 5.82 Å². The second-order valence-corrected chi connectivity index (χ2v) is 4.13. The van der Waals surface area contributed by atoms with Gasteiger partial charge in [-0.3, -0.25) is 4.79 Å². The second kappa shape index (κ2) is 4.92. The number of amides is 1. The van der Waals surface area contributed by atoms with Gasteiger partial charge in [0.1, 0.15) is 5.82 Å². The van der Waals surface area contributed by atoms with E-state index in [9.17, 15) is 4.79 Å². The maximum Gasteiger partial charge on any atom is 0.228 e. The van der Waals surface area contributed by atoms with Crippen LogP contribution in [-0.4, -0.2) is 10.9 Å². The molecule has 0 radical (unpaired) electrons. The molecule has 3 nitrogen and oxygen atoms in total. The maximum absolute atomic E-state index is 11.9. The molecule has 1 aliphatic carbocycles. The van der Waals surface area contributed by atoms with Gasteiger partial charge in [0.2, 0.25) is 5.91 Å². The summed E-state index contributed by atoms with van der Waals surface area (Å²) in [6.45, 7) is 1.92. The Bertz CT molecular complexity index is 412. The third-order valence-corrected chi connectivity index (χ3v) is 2.78. The fraction of sp³-hybridized carbons (Fsp3) is 0.385. The molecule has 1 aromatic rings. The lowest BCUT2D eigenvalue weighted by molar-refractivity contribution is -0.120. The Morgan fingerprint density at radius 2 is 2.31 bits per heavy atom. The van der Waals surface area contributed by atoms with Crippen molar-refractivity contribution >= 4 is 11.7 Å². The number of hydrogen-bond donors (Lipinski definition) is 1. The standard InChI is InChI=1S/C13H16N2O/c1-10-6-5-9-12(14-10)15-13(16)11-7-3-2-4-8-11/h2-3,5-6,9,11H,4,7-8H2,1H3,(H,14,15,16). The average Bonchev–Trinajstić information content (AvgIpc) is 2.30. The normalized spacial score (nSPS) is 19.4. The summed E-state index contributed by atoms with van der Waals surface area (Å²) in [5.41, 5.74) is 0.918. The van der Waals surface area contributed by atoms with Crippen LogP contribution in [0.3, 0.4) is 0 Å². The number of aromatic nitrogens is 1. The summed E-state index contributed by atoms with van der Waals surface area (Å²) in [4.78, 5) is 16.2. The molecule has 1 N–H and O–H groups in total. The molecule has 1 atom stereocenters. The van der Waals surface area contributed by atoms with E-state index in [2.05, 4.69) is 22.5 Å². The van der Waals surface area contributed by atoms with Crippen molar-refractivity contribution in [2.75, 3.05) is 5.32 Å². The molecule has 84 valence electrons. The molecule has 0 saturated heterocycles. The van der Waals surface area contributed by atoms with Crippen LogP contribution in [0.2, 0.25) is 0 Å². The van der Waals surface area contributed by atoms with Crippen LogP contribution < -0.4 is 5.32 Å². The van der Waals surface area contributed by atoms with Crippen molar-refractivity contribution in [3.63, 3.8) is 0 Å². The Labute approximate surface area is 95.6 Å². The zero-order valence-corrected chi connectivity index (χ0v) is 9.44. The van der Waals surface area contributed by atoms with Gasteiger partial charge in [-0.15, -0.1) is 0 Å². The Hall–Kier alpha value is -1.64. The number of aryl methyl sites for hydroxylation is 1. The van der Waals surface area contributed by atoms with Crippen molar-refractivity contribution in [1.82, 2.24) is 4.98 Å². The van der Waals surface area contributed by atoms with Gasteiger partial charge in [0.05, 0.1) is 0 Å². The summed E-state index contributed by atoms with van der Waals surface area (Å²) in [5, 5.41) is 2.87. The molecule has 0 aliphatic heterocycles. The fourth-order valence-corrected chi connectivity index (χ4v) is 1.87. The van der Waals surface area contributed by atoms with E-state index in [1.807, 2.05) is 25.1 Å². The van der Waals surface area contributed by atoms with Crippen molar-refractivity contribution < 1.29 is 4.79 Å². The molecule has 1 aliphatic rings. The van der Waals surface area contributed by atoms with Crippen LogP contribution in [0.25, 0.3) is 0 Å². The first-order chi connectivity index (χ1) is 7.75. The third-order valence-electron chi connectivity index (χ3n) is 2.78. The summed E-state index contributed by atoms with van der Waals surface area (Å²) in [6, 6.07) is 5.64. The summed E-state index contributed by atoms with van der Waals surface area (Å²) in [6.07, 6.45) is 7.00. The van der Waals surface area contributed by atoms with Crippen LogP contribution in [0.4, 0.5) is 5.82 Å². The summed E-state index contributed by atoms with van der Waals surface area (Å²) >= 11 is 0. The first-order valence-corrected chi connectivity index (χ1v) is 5.65.